The molecule has 0 aliphatic carbocycles. The summed E-state index contributed by atoms with van der Waals surface area (Å²) in [7, 11) is 1.72. The van der Waals surface area contributed by atoms with Crippen molar-refractivity contribution in [2.24, 2.45) is 0 Å². The summed E-state index contributed by atoms with van der Waals surface area (Å²) in [6.07, 6.45) is 1.83. The van der Waals surface area contributed by atoms with E-state index in [1.165, 1.54) is 10.6 Å². The van der Waals surface area contributed by atoms with Crippen LogP contribution in [0.2, 0.25) is 0 Å². The summed E-state index contributed by atoms with van der Waals surface area (Å²) in [5, 5.41) is 11.4. The monoisotopic (exact) mass is 263 g/mol. The molecule has 1 aliphatic rings. The maximum Gasteiger partial charge on any atom is 0.124 e. The Morgan fingerprint density at radius 3 is 2.58 bits per heavy atom. The molecular weight excluding hydrogens is 238 g/mol. The van der Waals surface area contributed by atoms with Crippen LogP contribution in [0.5, 0.6) is 5.75 Å². The maximum absolute atomic E-state index is 10.1. The molecule has 1 atom stereocenters. The van der Waals surface area contributed by atoms with Crippen molar-refractivity contribution in [1.29, 1.82) is 0 Å². The number of hydrogen-bond acceptors (Lipinski definition) is 3. The Balaban J connectivity index is 2.57. The van der Waals surface area contributed by atoms with E-state index in [0.29, 0.717) is 6.61 Å². The van der Waals surface area contributed by atoms with Gasteiger partial charge in [-0.1, -0.05) is 26.8 Å². The molecule has 1 N–H and O–H groups in total. The molecule has 1 heterocycles. The van der Waals surface area contributed by atoms with Gasteiger partial charge in [-0.15, -0.1) is 0 Å². The van der Waals surface area contributed by atoms with Gasteiger partial charge in [-0.3, -0.25) is 0 Å². The van der Waals surface area contributed by atoms with Gasteiger partial charge in [0.1, 0.15) is 5.75 Å². The summed E-state index contributed by atoms with van der Waals surface area (Å²) in [4.78, 5) is 0. The van der Waals surface area contributed by atoms with Crippen LogP contribution >= 0.6 is 0 Å². The molecule has 0 spiro atoms. The minimum Gasteiger partial charge on any atom is -0.493 e. The summed E-state index contributed by atoms with van der Waals surface area (Å²) < 4.78 is 5.82. The number of hydrogen-bond donors (Lipinski definition) is 1. The van der Waals surface area contributed by atoms with Crippen LogP contribution in [-0.2, 0) is 11.0 Å². The third-order valence-corrected chi connectivity index (χ3v) is 4.21. The highest BCUT2D eigenvalue weighted by Crippen LogP contribution is 2.41. The average Bonchev–Trinajstić information content (AvgIpc) is 2.48. The number of nitrogens with zero attached hydrogens (tertiary/aromatic N) is 1. The zero-order chi connectivity index (χ0) is 14.3. The first-order valence-electron chi connectivity index (χ1n) is 6.96. The first kappa shape index (κ1) is 14.4. The van der Waals surface area contributed by atoms with E-state index in [-0.39, 0.29) is 11.0 Å². The molecule has 106 valence electrons. The topological polar surface area (TPSA) is 32.7 Å². The normalized spacial score (nSPS) is 23.7. The molecule has 0 saturated carbocycles. The van der Waals surface area contributed by atoms with Gasteiger partial charge < -0.3 is 9.94 Å². The molecule has 3 heteroatoms. The fraction of sp³-hybridized carbons (Fsp3) is 0.625. The van der Waals surface area contributed by atoms with Crippen molar-refractivity contribution in [2.45, 2.75) is 51.5 Å². The average molecular weight is 263 g/mol. The molecule has 0 fully saturated rings. The van der Waals surface area contributed by atoms with Crippen molar-refractivity contribution in [1.82, 2.24) is 5.06 Å². The van der Waals surface area contributed by atoms with Gasteiger partial charge in [-0.2, -0.15) is 5.06 Å². The number of rotatable bonds is 1. The number of hydroxylamine groups is 2. The van der Waals surface area contributed by atoms with Crippen LogP contribution in [0.1, 0.15) is 51.7 Å². The van der Waals surface area contributed by atoms with Gasteiger partial charge in [0.15, 0.2) is 0 Å². The van der Waals surface area contributed by atoms with Crippen molar-refractivity contribution in [3.63, 3.8) is 0 Å². The second kappa shape index (κ2) is 4.80. The fourth-order valence-electron chi connectivity index (χ4n) is 2.61. The second-order valence-corrected chi connectivity index (χ2v) is 6.71. The lowest BCUT2D eigenvalue weighted by Crippen LogP contribution is -2.38. The van der Waals surface area contributed by atoms with E-state index < -0.39 is 0 Å². The van der Waals surface area contributed by atoms with E-state index in [0.717, 1.165) is 24.2 Å². The summed E-state index contributed by atoms with van der Waals surface area (Å²) in [5.74, 6) is 0.897. The summed E-state index contributed by atoms with van der Waals surface area (Å²) >= 11 is 0. The zero-order valence-electron chi connectivity index (χ0n) is 12.7. The summed E-state index contributed by atoms with van der Waals surface area (Å²) in [6.45, 7) is 9.39. The smallest absolute Gasteiger partial charge is 0.124 e. The number of ether oxygens (including phenoxy) is 1. The Hall–Kier alpha value is -1.06. The van der Waals surface area contributed by atoms with Crippen LogP contribution in [0.4, 0.5) is 0 Å². The van der Waals surface area contributed by atoms with Crippen LogP contribution < -0.4 is 4.74 Å². The molecule has 1 aromatic rings. The SMILES string of the molecule is CN(O)C1(C)CCCOc2ccc(C(C)(C)C)cc21. The van der Waals surface area contributed by atoms with Crippen LogP contribution in [-0.4, -0.2) is 23.9 Å². The van der Waals surface area contributed by atoms with Gasteiger partial charge >= 0.3 is 0 Å². The zero-order valence-corrected chi connectivity index (χ0v) is 12.7. The lowest BCUT2D eigenvalue weighted by Gasteiger charge is -2.35. The third-order valence-electron chi connectivity index (χ3n) is 4.21. The molecule has 0 amide bonds. The van der Waals surface area contributed by atoms with Crippen LogP contribution in [0.25, 0.3) is 0 Å². The molecule has 0 saturated heterocycles. The quantitative estimate of drug-likeness (QED) is 0.784. The van der Waals surface area contributed by atoms with E-state index in [2.05, 4.69) is 39.8 Å². The second-order valence-electron chi connectivity index (χ2n) is 6.71. The molecule has 2 rings (SSSR count). The van der Waals surface area contributed by atoms with E-state index in [9.17, 15) is 5.21 Å². The molecular formula is C16H25NO2. The first-order valence-corrected chi connectivity index (χ1v) is 6.96. The first-order chi connectivity index (χ1) is 8.75. The van der Waals surface area contributed by atoms with Gasteiger partial charge in [0.05, 0.1) is 12.1 Å². The Kier molecular flexibility index (Phi) is 3.63. The highest BCUT2D eigenvalue weighted by atomic mass is 16.5. The molecule has 0 aromatic heterocycles. The summed E-state index contributed by atoms with van der Waals surface area (Å²) in [5.41, 5.74) is 2.07. The van der Waals surface area contributed by atoms with Crippen LogP contribution in [0.3, 0.4) is 0 Å². The highest BCUT2D eigenvalue weighted by Gasteiger charge is 2.36. The molecule has 0 radical (unpaired) electrons. The van der Waals surface area contributed by atoms with Gasteiger partial charge in [0, 0.05) is 12.6 Å². The summed E-state index contributed by atoms with van der Waals surface area (Å²) in [6, 6.07) is 6.36. The lowest BCUT2D eigenvalue weighted by molar-refractivity contribution is -0.153. The maximum atomic E-state index is 10.1. The largest absolute Gasteiger partial charge is 0.493 e. The Morgan fingerprint density at radius 1 is 1.32 bits per heavy atom. The van der Waals surface area contributed by atoms with Gasteiger partial charge in [-0.05, 0) is 42.9 Å². The predicted octanol–water partition coefficient (Wildman–Crippen LogP) is 3.69. The third kappa shape index (κ3) is 2.63. The van der Waals surface area contributed by atoms with Gasteiger partial charge in [0.2, 0.25) is 0 Å². The Morgan fingerprint density at radius 2 is 2.00 bits per heavy atom. The van der Waals surface area contributed by atoms with E-state index in [1.807, 2.05) is 6.07 Å². The molecule has 0 bridgehead atoms. The minimum atomic E-state index is -0.382. The number of benzene rings is 1. The van der Waals surface area contributed by atoms with E-state index in [4.69, 9.17) is 4.74 Å². The van der Waals surface area contributed by atoms with Gasteiger partial charge in [0.25, 0.3) is 0 Å². The Labute approximate surface area is 116 Å². The van der Waals surface area contributed by atoms with Crippen molar-refractivity contribution >= 4 is 0 Å². The standard InChI is InChI=1S/C16H25NO2/c1-15(2,3)12-7-8-14-13(11-12)16(4,17(5)18)9-6-10-19-14/h7-8,11,18H,6,9-10H2,1-5H3. The highest BCUT2D eigenvalue weighted by molar-refractivity contribution is 5.44. The van der Waals surface area contributed by atoms with Gasteiger partial charge in [-0.25, -0.2) is 0 Å². The number of fused-ring (bicyclic) bond motifs is 1. The van der Waals surface area contributed by atoms with E-state index in [1.54, 1.807) is 7.05 Å². The minimum absolute atomic E-state index is 0.0935. The Bertz CT molecular complexity index is 462. The predicted molar refractivity (Wildman–Crippen MR) is 76.8 cm³/mol. The van der Waals surface area contributed by atoms with Crippen molar-refractivity contribution in [3.05, 3.63) is 29.3 Å². The molecule has 3 nitrogen and oxygen atoms in total. The van der Waals surface area contributed by atoms with Crippen molar-refractivity contribution < 1.29 is 9.94 Å². The fourth-order valence-corrected chi connectivity index (χ4v) is 2.61. The van der Waals surface area contributed by atoms with Crippen molar-refractivity contribution in [2.75, 3.05) is 13.7 Å². The molecule has 1 unspecified atom stereocenters. The van der Waals surface area contributed by atoms with Crippen LogP contribution in [0, 0.1) is 0 Å². The molecule has 1 aromatic carbocycles. The van der Waals surface area contributed by atoms with Crippen molar-refractivity contribution in [3.8, 4) is 5.75 Å². The molecule has 1 aliphatic heterocycles. The molecule has 19 heavy (non-hydrogen) atoms. The van der Waals surface area contributed by atoms with Crippen LogP contribution in [0.15, 0.2) is 18.2 Å². The lowest BCUT2D eigenvalue weighted by atomic mass is 9.81. The van der Waals surface area contributed by atoms with E-state index >= 15 is 0 Å².